The lowest BCUT2D eigenvalue weighted by atomic mass is 10.1. The van der Waals surface area contributed by atoms with E-state index in [9.17, 15) is 9.90 Å². The number of fused-ring (bicyclic) bond motifs is 1. The second-order valence-electron chi connectivity index (χ2n) is 3.26. The highest BCUT2D eigenvalue weighted by Gasteiger charge is 2.18. The van der Waals surface area contributed by atoms with E-state index >= 15 is 0 Å². The smallest absolute Gasteiger partial charge is 0.194 e. The summed E-state index contributed by atoms with van der Waals surface area (Å²) in [5.74, 6) is -0.296. The molecule has 0 radical (unpaired) electrons. The molecule has 0 aliphatic heterocycles. The second kappa shape index (κ2) is 4.10. The van der Waals surface area contributed by atoms with Crippen molar-refractivity contribution < 1.29 is 9.90 Å². The molecule has 78 valence electrons. The van der Waals surface area contributed by atoms with Gasteiger partial charge in [0.05, 0.1) is 0 Å². The van der Waals surface area contributed by atoms with Gasteiger partial charge in [0.15, 0.2) is 5.78 Å². The maximum Gasteiger partial charge on any atom is 0.194 e. The van der Waals surface area contributed by atoms with E-state index in [0.29, 0.717) is 5.56 Å². The third-order valence-electron chi connectivity index (χ3n) is 2.27. The van der Waals surface area contributed by atoms with Gasteiger partial charge >= 0.3 is 0 Å². The van der Waals surface area contributed by atoms with E-state index in [1.165, 1.54) is 11.3 Å². The first-order valence-electron chi connectivity index (χ1n) is 4.62. The molecule has 0 saturated carbocycles. The van der Waals surface area contributed by atoms with Gasteiger partial charge in [0.2, 0.25) is 0 Å². The maximum absolute atomic E-state index is 11.7. The third kappa shape index (κ3) is 1.79. The Labute approximate surface area is 91.1 Å². The standard InChI is InChI=1S/C11H11NO2S/c12-5-9(13)11(14)8-6-15-10-4-2-1-3-7(8)10/h1-4,6,9,13H,5,12H2. The van der Waals surface area contributed by atoms with Crippen molar-refractivity contribution in [3.05, 3.63) is 35.2 Å². The first kappa shape index (κ1) is 10.3. The largest absolute Gasteiger partial charge is 0.384 e. The van der Waals surface area contributed by atoms with Crippen LogP contribution >= 0.6 is 11.3 Å². The Morgan fingerprint density at radius 2 is 2.20 bits per heavy atom. The average molecular weight is 221 g/mol. The Balaban J connectivity index is 2.48. The zero-order valence-electron chi connectivity index (χ0n) is 8.01. The van der Waals surface area contributed by atoms with Crippen molar-refractivity contribution >= 4 is 27.2 Å². The van der Waals surface area contributed by atoms with Gasteiger partial charge in [0.25, 0.3) is 0 Å². The van der Waals surface area contributed by atoms with E-state index in [2.05, 4.69) is 0 Å². The molecule has 2 aromatic rings. The number of aliphatic hydroxyl groups is 1. The van der Waals surface area contributed by atoms with Crippen LogP contribution in [-0.4, -0.2) is 23.5 Å². The summed E-state index contributed by atoms with van der Waals surface area (Å²) >= 11 is 1.50. The molecule has 0 aliphatic rings. The number of Topliss-reactive ketones (excluding diaryl/α,β-unsaturated/α-hetero) is 1. The van der Waals surface area contributed by atoms with Crippen molar-refractivity contribution in [1.29, 1.82) is 0 Å². The number of hydrogen-bond donors (Lipinski definition) is 2. The molecule has 0 fully saturated rings. The topological polar surface area (TPSA) is 63.3 Å². The fourth-order valence-corrected chi connectivity index (χ4v) is 2.41. The highest BCUT2D eigenvalue weighted by atomic mass is 32.1. The minimum absolute atomic E-state index is 0.0387. The molecule has 2 rings (SSSR count). The second-order valence-corrected chi connectivity index (χ2v) is 4.17. The summed E-state index contributed by atoms with van der Waals surface area (Å²) in [4.78, 5) is 11.7. The first-order chi connectivity index (χ1) is 7.24. The fraction of sp³-hybridized carbons (Fsp3) is 0.182. The van der Waals surface area contributed by atoms with Crippen molar-refractivity contribution in [1.82, 2.24) is 0 Å². The Kier molecular flexibility index (Phi) is 2.81. The number of benzene rings is 1. The van der Waals surface area contributed by atoms with Crippen LogP contribution in [0.5, 0.6) is 0 Å². The van der Waals surface area contributed by atoms with Crippen LogP contribution < -0.4 is 5.73 Å². The van der Waals surface area contributed by atoms with Gasteiger partial charge in [-0.25, -0.2) is 0 Å². The summed E-state index contributed by atoms with van der Waals surface area (Å²) in [6.45, 7) is -0.0387. The van der Waals surface area contributed by atoms with Gasteiger partial charge < -0.3 is 10.8 Å². The summed E-state index contributed by atoms with van der Waals surface area (Å²) in [6.07, 6.45) is -1.09. The van der Waals surface area contributed by atoms with Crippen LogP contribution in [-0.2, 0) is 0 Å². The van der Waals surface area contributed by atoms with Gasteiger partial charge in [-0.2, -0.15) is 0 Å². The molecule has 0 saturated heterocycles. The number of hydrogen-bond acceptors (Lipinski definition) is 4. The van der Waals surface area contributed by atoms with E-state index < -0.39 is 6.10 Å². The number of thiophene rings is 1. The average Bonchev–Trinajstić information content (AvgIpc) is 2.70. The van der Waals surface area contributed by atoms with Crippen molar-refractivity contribution in [2.24, 2.45) is 5.73 Å². The molecule has 1 aromatic carbocycles. The summed E-state index contributed by atoms with van der Waals surface area (Å²) in [6, 6.07) is 7.63. The number of carbonyl (C=O) groups is 1. The van der Waals surface area contributed by atoms with E-state index in [4.69, 9.17) is 5.73 Å². The molecule has 0 spiro atoms. The van der Waals surface area contributed by atoms with Crippen molar-refractivity contribution in [2.45, 2.75) is 6.10 Å². The first-order valence-corrected chi connectivity index (χ1v) is 5.50. The Bertz CT molecular complexity index is 492. The minimum Gasteiger partial charge on any atom is -0.384 e. The van der Waals surface area contributed by atoms with Gasteiger partial charge in [-0.05, 0) is 6.07 Å². The quantitative estimate of drug-likeness (QED) is 0.770. The highest BCUT2D eigenvalue weighted by molar-refractivity contribution is 7.17. The van der Waals surface area contributed by atoms with Crippen molar-refractivity contribution in [3.63, 3.8) is 0 Å². The van der Waals surface area contributed by atoms with E-state index in [1.807, 2.05) is 24.3 Å². The molecule has 3 nitrogen and oxygen atoms in total. The summed E-state index contributed by atoms with van der Waals surface area (Å²) in [7, 11) is 0. The van der Waals surface area contributed by atoms with Gasteiger partial charge in [-0.15, -0.1) is 11.3 Å². The van der Waals surface area contributed by atoms with Gasteiger partial charge in [0, 0.05) is 27.6 Å². The molecule has 0 bridgehead atoms. The van der Waals surface area contributed by atoms with E-state index in [0.717, 1.165) is 10.1 Å². The molecule has 15 heavy (non-hydrogen) atoms. The SMILES string of the molecule is NCC(O)C(=O)c1csc2ccccc12. The number of nitrogens with two attached hydrogens (primary N) is 1. The summed E-state index contributed by atoms with van der Waals surface area (Å²) < 4.78 is 1.05. The Morgan fingerprint density at radius 1 is 1.47 bits per heavy atom. The van der Waals surface area contributed by atoms with Crippen LogP contribution in [0.4, 0.5) is 0 Å². The van der Waals surface area contributed by atoms with Crippen LogP contribution in [0.1, 0.15) is 10.4 Å². The minimum atomic E-state index is -1.09. The molecular weight excluding hydrogens is 210 g/mol. The molecular formula is C11H11NO2S. The normalized spacial score (nSPS) is 12.9. The van der Waals surface area contributed by atoms with Crippen LogP contribution in [0.15, 0.2) is 29.6 Å². The lowest BCUT2D eigenvalue weighted by Gasteiger charge is -2.04. The van der Waals surface area contributed by atoms with E-state index in [-0.39, 0.29) is 12.3 Å². The zero-order chi connectivity index (χ0) is 10.8. The summed E-state index contributed by atoms with van der Waals surface area (Å²) in [5, 5.41) is 12.0. The summed E-state index contributed by atoms with van der Waals surface area (Å²) in [5.41, 5.74) is 5.82. The van der Waals surface area contributed by atoms with Gasteiger partial charge in [0.1, 0.15) is 6.10 Å². The molecule has 1 unspecified atom stereocenters. The highest BCUT2D eigenvalue weighted by Crippen LogP contribution is 2.26. The third-order valence-corrected chi connectivity index (χ3v) is 3.24. The van der Waals surface area contributed by atoms with Crippen molar-refractivity contribution in [3.8, 4) is 0 Å². The predicted octanol–water partition coefficient (Wildman–Crippen LogP) is 1.40. The number of carbonyl (C=O) groups excluding carboxylic acids is 1. The number of rotatable bonds is 3. The fourth-order valence-electron chi connectivity index (χ4n) is 1.46. The van der Waals surface area contributed by atoms with Gasteiger partial charge in [-0.1, -0.05) is 18.2 Å². The lowest BCUT2D eigenvalue weighted by Crippen LogP contribution is -2.28. The molecule has 1 atom stereocenters. The van der Waals surface area contributed by atoms with Crippen LogP contribution in [0.3, 0.4) is 0 Å². The van der Waals surface area contributed by atoms with Crippen LogP contribution in [0.25, 0.3) is 10.1 Å². The molecule has 1 heterocycles. The van der Waals surface area contributed by atoms with Gasteiger partial charge in [-0.3, -0.25) is 4.79 Å². The molecule has 0 aliphatic carbocycles. The zero-order valence-corrected chi connectivity index (χ0v) is 8.83. The van der Waals surface area contributed by atoms with Crippen molar-refractivity contribution in [2.75, 3.05) is 6.54 Å². The predicted molar refractivity (Wildman–Crippen MR) is 61.2 cm³/mol. The number of ketones is 1. The Morgan fingerprint density at radius 3 is 2.93 bits per heavy atom. The molecule has 4 heteroatoms. The lowest BCUT2D eigenvalue weighted by molar-refractivity contribution is 0.0765. The molecule has 0 amide bonds. The monoisotopic (exact) mass is 221 g/mol. The molecule has 1 aromatic heterocycles. The van der Waals surface area contributed by atoms with E-state index in [1.54, 1.807) is 5.38 Å². The Hall–Kier alpha value is -1.23. The molecule has 3 N–H and O–H groups in total. The van der Waals surface area contributed by atoms with Crippen LogP contribution in [0, 0.1) is 0 Å². The maximum atomic E-state index is 11.7. The number of aliphatic hydroxyl groups excluding tert-OH is 1. The van der Waals surface area contributed by atoms with Crippen LogP contribution in [0.2, 0.25) is 0 Å².